The average Bonchev–Trinajstić information content (AvgIpc) is 2.24. The number of hydrogen-bond acceptors (Lipinski definition) is 3. The molecule has 0 amide bonds. The lowest BCUT2D eigenvalue weighted by atomic mass is 10.2. The molecule has 0 atom stereocenters. The van der Waals surface area contributed by atoms with Gasteiger partial charge in [0.2, 0.25) is 6.73 Å². The van der Waals surface area contributed by atoms with E-state index in [1.54, 1.807) is 0 Å². The van der Waals surface area contributed by atoms with Crippen molar-refractivity contribution >= 4 is 5.97 Å². The van der Waals surface area contributed by atoms with E-state index in [0.29, 0.717) is 6.61 Å². The van der Waals surface area contributed by atoms with Crippen LogP contribution >= 0.6 is 0 Å². The highest BCUT2D eigenvalue weighted by molar-refractivity contribution is 5.67. The van der Waals surface area contributed by atoms with Crippen molar-refractivity contribution in [2.75, 3.05) is 13.3 Å². The summed E-state index contributed by atoms with van der Waals surface area (Å²) in [6, 6.07) is 9.59. The molecule has 0 aliphatic heterocycles. The van der Waals surface area contributed by atoms with Crippen LogP contribution in [0.4, 0.5) is 0 Å². The first-order chi connectivity index (χ1) is 7.29. The summed E-state index contributed by atoms with van der Waals surface area (Å²) in [6.07, 6.45) is 0. The molecule has 82 valence electrons. The summed E-state index contributed by atoms with van der Waals surface area (Å²) in [6.45, 7) is 0.523. The van der Waals surface area contributed by atoms with Crippen LogP contribution in [0.5, 0.6) is 0 Å². The van der Waals surface area contributed by atoms with Gasteiger partial charge in [-0.3, -0.25) is 0 Å². The van der Waals surface area contributed by atoms with Crippen molar-refractivity contribution in [3.8, 4) is 0 Å². The molecular weight excluding hydrogens is 198 g/mol. The van der Waals surface area contributed by atoms with Gasteiger partial charge in [0.25, 0.3) is 0 Å². The minimum absolute atomic E-state index is 0.0191. The largest absolute Gasteiger partial charge is 0.477 e. The highest BCUT2D eigenvalue weighted by Crippen LogP contribution is 1.99. The van der Waals surface area contributed by atoms with Gasteiger partial charge in [-0.25, -0.2) is 9.68 Å². The second-order valence-corrected chi connectivity index (χ2v) is 2.92. The van der Waals surface area contributed by atoms with Gasteiger partial charge in [-0.1, -0.05) is 30.3 Å². The fourth-order valence-electron chi connectivity index (χ4n) is 0.963. The number of carbonyl (C=O) groups is 1. The van der Waals surface area contributed by atoms with Gasteiger partial charge >= 0.3 is 5.97 Å². The van der Waals surface area contributed by atoms with Gasteiger partial charge in [0.15, 0.2) is 6.54 Å². The molecule has 1 rings (SSSR count). The molecule has 5 heteroatoms. The first-order valence-corrected chi connectivity index (χ1v) is 4.61. The molecule has 1 aromatic carbocycles. The first-order valence-electron chi connectivity index (χ1n) is 4.61. The van der Waals surface area contributed by atoms with Crippen LogP contribution in [0.15, 0.2) is 30.3 Å². The second kappa shape index (κ2) is 6.94. The quantitative estimate of drug-likeness (QED) is 0.283. The number of hydrogen-bond donors (Lipinski definition) is 2. The second-order valence-electron chi connectivity index (χ2n) is 2.92. The molecule has 15 heavy (non-hydrogen) atoms. The van der Waals surface area contributed by atoms with E-state index in [1.807, 2.05) is 30.3 Å². The van der Waals surface area contributed by atoms with Gasteiger partial charge in [0.05, 0.1) is 0 Å². The Kier molecular flexibility index (Phi) is 5.39. The summed E-state index contributed by atoms with van der Waals surface area (Å²) in [4.78, 5) is 19.8. The van der Waals surface area contributed by atoms with E-state index in [1.165, 1.54) is 5.32 Å². The monoisotopic (exact) mass is 212 g/mol. The van der Waals surface area contributed by atoms with Crippen molar-refractivity contribution < 1.29 is 25.0 Å². The average molecular weight is 212 g/mol. The molecule has 0 heterocycles. The molecule has 0 saturated heterocycles. The van der Waals surface area contributed by atoms with Crippen LogP contribution in [0.3, 0.4) is 0 Å². The van der Waals surface area contributed by atoms with Crippen molar-refractivity contribution in [3.05, 3.63) is 35.9 Å². The van der Waals surface area contributed by atoms with E-state index in [0.717, 1.165) is 5.56 Å². The van der Waals surface area contributed by atoms with Crippen molar-refractivity contribution in [1.82, 2.24) is 0 Å². The van der Waals surface area contributed by atoms with Crippen LogP contribution < -0.4 is 5.32 Å². The number of aliphatic carboxylic acids is 1. The first kappa shape index (κ1) is 11.6. The van der Waals surface area contributed by atoms with Gasteiger partial charge in [0.1, 0.15) is 6.61 Å². The third-order valence-electron chi connectivity index (χ3n) is 1.66. The van der Waals surface area contributed by atoms with Gasteiger partial charge in [-0.05, 0) is 5.56 Å². The summed E-state index contributed by atoms with van der Waals surface area (Å²) >= 11 is 0. The Morgan fingerprint density at radius 2 is 2.00 bits per heavy atom. The molecular formula is C10H14NO4+. The number of carboxylic acids is 1. The van der Waals surface area contributed by atoms with Crippen LogP contribution in [-0.2, 0) is 21.2 Å². The zero-order valence-corrected chi connectivity index (χ0v) is 8.26. The fraction of sp³-hybridized carbons (Fsp3) is 0.300. The molecule has 0 bridgehead atoms. The molecule has 3 N–H and O–H groups in total. The normalized spacial score (nSPS) is 10.1. The maximum Gasteiger partial charge on any atom is 0.359 e. The maximum atomic E-state index is 10.1. The van der Waals surface area contributed by atoms with E-state index in [-0.39, 0.29) is 13.3 Å². The van der Waals surface area contributed by atoms with Crippen LogP contribution in [0.2, 0.25) is 0 Å². The molecule has 0 spiro atoms. The minimum Gasteiger partial charge on any atom is -0.477 e. The van der Waals surface area contributed by atoms with Gasteiger partial charge in [0, 0.05) is 0 Å². The Morgan fingerprint density at radius 1 is 1.27 bits per heavy atom. The SMILES string of the molecule is O=C(O)C[NH2+]COOCc1ccccc1. The summed E-state index contributed by atoms with van der Waals surface area (Å²) in [5.74, 6) is -0.873. The van der Waals surface area contributed by atoms with E-state index in [2.05, 4.69) is 0 Å². The predicted molar refractivity (Wildman–Crippen MR) is 51.6 cm³/mol. The Labute approximate surface area is 87.6 Å². The van der Waals surface area contributed by atoms with E-state index >= 15 is 0 Å². The number of quaternary nitrogens is 1. The zero-order chi connectivity index (χ0) is 10.9. The summed E-state index contributed by atoms with van der Waals surface area (Å²) in [5.41, 5.74) is 1.01. The van der Waals surface area contributed by atoms with E-state index in [4.69, 9.17) is 14.9 Å². The van der Waals surface area contributed by atoms with E-state index < -0.39 is 5.97 Å². The zero-order valence-electron chi connectivity index (χ0n) is 8.26. The van der Waals surface area contributed by atoms with Crippen LogP contribution in [0, 0.1) is 0 Å². The molecule has 1 aromatic rings. The third kappa shape index (κ3) is 5.79. The predicted octanol–water partition coefficient (Wildman–Crippen LogP) is -0.260. The Balaban J connectivity index is 2.00. The number of carboxylic acid groups (broad SMARTS) is 1. The lowest BCUT2D eigenvalue weighted by Gasteiger charge is -2.02. The minimum atomic E-state index is -0.873. The Hall–Kier alpha value is -1.43. The van der Waals surface area contributed by atoms with Crippen molar-refractivity contribution in [2.24, 2.45) is 0 Å². The summed E-state index contributed by atoms with van der Waals surface area (Å²) in [5, 5.41) is 9.81. The van der Waals surface area contributed by atoms with E-state index in [9.17, 15) is 4.79 Å². The molecule has 5 nitrogen and oxygen atoms in total. The summed E-state index contributed by atoms with van der Waals surface area (Å²) in [7, 11) is 0. The lowest BCUT2D eigenvalue weighted by Crippen LogP contribution is -2.86. The molecule has 0 unspecified atom stereocenters. The molecule has 0 aliphatic rings. The van der Waals surface area contributed by atoms with Crippen molar-refractivity contribution in [2.45, 2.75) is 6.61 Å². The maximum absolute atomic E-state index is 10.1. The lowest BCUT2D eigenvalue weighted by molar-refractivity contribution is -0.703. The number of benzene rings is 1. The smallest absolute Gasteiger partial charge is 0.359 e. The fourth-order valence-corrected chi connectivity index (χ4v) is 0.963. The van der Waals surface area contributed by atoms with Crippen LogP contribution in [-0.4, -0.2) is 24.4 Å². The Morgan fingerprint density at radius 3 is 2.67 bits per heavy atom. The van der Waals surface area contributed by atoms with Crippen LogP contribution in [0.1, 0.15) is 5.56 Å². The number of nitrogens with two attached hydrogens (primary N) is 1. The Bertz CT molecular complexity index is 289. The highest BCUT2D eigenvalue weighted by Gasteiger charge is 1.98. The van der Waals surface area contributed by atoms with Crippen molar-refractivity contribution in [1.29, 1.82) is 0 Å². The molecule has 0 fully saturated rings. The topological polar surface area (TPSA) is 72.4 Å². The molecule has 0 aliphatic carbocycles. The number of rotatable bonds is 7. The van der Waals surface area contributed by atoms with Crippen molar-refractivity contribution in [3.63, 3.8) is 0 Å². The highest BCUT2D eigenvalue weighted by atomic mass is 17.2. The van der Waals surface area contributed by atoms with Gasteiger partial charge in [-0.15, -0.1) is 0 Å². The molecule has 0 radical (unpaired) electrons. The molecule has 0 aromatic heterocycles. The molecule has 0 saturated carbocycles. The standard InChI is InChI=1S/C10H13NO4/c12-10(13)6-11-8-15-14-7-9-4-2-1-3-5-9/h1-5,11H,6-8H2,(H,12,13)/p+1. The van der Waals surface area contributed by atoms with Crippen LogP contribution in [0.25, 0.3) is 0 Å². The van der Waals surface area contributed by atoms with Gasteiger partial charge < -0.3 is 10.4 Å². The van der Waals surface area contributed by atoms with Gasteiger partial charge in [-0.2, -0.15) is 4.89 Å². The third-order valence-corrected chi connectivity index (χ3v) is 1.66. The summed E-state index contributed by atoms with van der Waals surface area (Å²) < 4.78 is 0.